The van der Waals surface area contributed by atoms with Crippen LogP contribution in [0.2, 0.25) is 5.02 Å². The highest BCUT2D eigenvalue weighted by Gasteiger charge is 2.23. The number of benzene rings is 2. The zero-order chi connectivity index (χ0) is 18.6. The van der Waals surface area contributed by atoms with Crippen LogP contribution in [0.25, 0.3) is 0 Å². The lowest BCUT2D eigenvalue weighted by molar-refractivity contribution is 0.348. The van der Waals surface area contributed by atoms with Gasteiger partial charge in [-0.2, -0.15) is 5.26 Å². The molecule has 0 aromatic heterocycles. The Bertz CT molecular complexity index is 944. The number of hydrogen-bond acceptors (Lipinski definition) is 5. The van der Waals surface area contributed by atoms with Crippen LogP contribution in [0.5, 0.6) is 0 Å². The van der Waals surface area contributed by atoms with E-state index in [4.69, 9.17) is 11.6 Å². The van der Waals surface area contributed by atoms with Gasteiger partial charge in [-0.3, -0.25) is 0 Å². The van der Waals surface area contributed by atoms with Crippen molar-refractivity contribution in [2.24, 2.45) is 0 Å². The third-order valence-electron chi connectivity index (χ3n) is 4.24. The van der Waals surface area contributed by atoms with Crippen molar-refractivity contribution in [1.82, 2.24) is 4.90 Å². The molecule has 1 fully saturated rings. The van der Waals surface area contributed by atoms with Gasteiger partial charge in [0.25, 0.3) is 0 Å². The normalized spacial score (nSPS) is 15.6. The van der Waals surface area contributed by atoms with Gasteiger partial charge in [-0.1, -0.05) is 35.9 Å². The number of nitriles is 1. The van der Waals surface area contributed by atoms with E-state index in [1.165, 1.54) is 18.3 Å². The van der Waals surface area contributed by atoms with Crippen molar-refractivity contribution in [3.05, 3.63) is 70.7 Å². The van der Waals surface area contributed by atoms with E-state index in [9.17, 15) is 13.7 Å². The van der Waals surface area contributed by atoms with Crippen LogP contribution < -0.4 is 4.90 Å². The maximum Gasteiger partial charge on any atom is 0.218 e. The van der Waals surface area contributed by atoms with Crippen molar-refractivity contribution < 1.29 is 8.42 Å². The molecule has 1 aliphatic heterocycles. The van der Waals surface area contributed by atoms with Crippen LogP contribution in [-0.4, -0.2) is 39.5 Å². The van der Waals surface area contributed by atoms with E-state index in [1.807, 2.05) is 35.2 Å². The molecule has 1 saturated heterocycles. The van der Waals surface area contributed by atoms with Crippen LogP contribution in [0.15, 0.2) is 70.6 Å². The Morgan fingerprint density at radius 1 is 1.04 bits per heavy atom. The molecule has 5 nitrogen and oxygen atoms in total. The molecule has 7 heteroatoms. The summed E-state index contributed by atoms with van der Waals surface area (Å²) in [5, 5.41) is 10.1. The van der Waals surface area contributed by atoms with E-state index in [-0.39, 0.29) is 9.80 Å². The van der Waals surface area contributed by atoms with Crippen LogP contribution in [0.3, 0.4) is 0 Å². The quantitative estimate of drug-likeness (QED) is 0.753. The molecule has 0 N–H and O–H groups in total. The second-order valence-electron chi connectivity index (χ2n) is 5.92. The summed E-state index contributed by atoms with van der Waals surface area (Å²) < 4.78 is 25.2. The summed E-state index contributed by atoms with van der Waals surface area (Å²) in [5.74, 6) is 0. The van der Waals surface area contributed by atoms with Gasteiger partial charge in [-0.15, -0.1) is 0 Å². The Kier molecular flexibility index (Phi) is 5.50. The first kappa shape index (κ1) is 18.3. The standard InChI is InChI=1S/C19H18ClN3O2S/c20-16-5-4-6-17(13-16)23-11-9-22(10-12-23)15-19(14-21)26(24,25)18-7-2-1-3-8-18/h1-8,13,15H,9-12H2/b19-15+. The number of allylic oxidation sites excluding steroid dienone is 1. The number of hydrogen-bond donors (Lipinski definition) is 0. The van der Waals surface area contributed by atoms with Gasteiger partial charge in [0.05, 0.1) is 4.90 Å². The first-order valence-corrected chi connectivity index (χ1v) is 10.0. The van der Waals surface area contributed by atoms with E-state index in [2.05, 4.69) is 4.90 Å². The van der Waals surface area contributed by atoms with Gasteiger partial charge in [0.1, 0.15) is 6.07 Å². The highest BCUT2D eigenvalue weighted by Crippen LogP contribution is 2.22. The molecule has 0 saturated carbocycles. The van der Waals surface area contributed by atoms with Crippen molar-refractivity contribution in [2.75, 3.05) is 31.1 Å². The van der Waals surface area contributed by atoms with Gasteiger partial charge in [-0.05, 0) is 30.3 Å². The van der Waals surface area contributed by atoms with E-state index >= 15 is 0 Å². The molecule has 26 heavy (non-hydrogen) atoms. The monoisotopic (exact) mass is 387 g/mol. The van der Waals surface area contributed by atoms with Gasteiger partial charge >= 0.3 is 0 Å². The molecule has 1 aliphatic rings. The van der Waals surface area contributed by atoms with E-state index in [0.717, 1.165) is 18.8 Å². The third-order valence-corrected chi connectivity index (χ3v) is 6.14. The lowest BCUT2D eigenvalue weighted by Gasteiger charge is -2.35. The topological polar surface area (TPSA) is 64.4 Å². The predicted octanol–water partition coefficient (Wildman–Crippen LogP) is 3.30. The second kappa shape index (κ2) is 7.81. The molecule has 0 atom stereocenters. The van der Waals surface area contributed by atoms with Gasteiger partial charge < -0.3 is 9.80 Å². The minimum absolute atomic E-state index is 0.130. The fourth-order valence-corrected chi connectivity index (χ4v) is 4.19. The van der Waals surface area contributed by atoms with E-state index < -0.39 is 9.84 Å². The van der Waals surface area contributed by atoms with Crippen LogP contribution in [0.1, 0.15) is 0 Å². The average molecular weight is 388 g/mol. The van der Waals surface area contributed by atoms with Crippen LogP contribution in [-0.2, 0) is 9.84 Å². The van der Waals surface area contributed by atoms with Gasteiger partial charge in [0.2, 0.25) is 9.84 Å². The summed E-state index contributed by atoms with van der Waals surface area (Å²) in [6, 6.07) is 17.5. The summed E-state index contributed by atoms with van der Waals surface area (Å²) >= 11 is 6.04. The Morgan fingerprint density at radius 2 is 1.73 bits per heavy atom. The molecule has 1 heterocycles. The van der Waals surface area contributed by atoms with Gasteiger partial charge in [-0.25, -0.2) is 8.42 Å². The molecule has 0 radical (unpaired) electrons. The maximum absolute atomic E-state index is 12.6. The average Bonchev–Trinajstić information content (AvgIpc) is 2.67. The molecule has 0 aliphatic carbocycles. The number of nitrogens with zero attached hydrogens (tertiary/aromatic N) is 3. The van der Waals surface area contributed by atoms with Crippen molar-refractivity contribution in [2.45, 2.75) is 4.90 Å². The molecule has 2 aromatic rings. The summed E-state index contributed by atoms with van der Waals surface area (Å²) in [6.45, 7) is 2.70. The maximum atomic E-state index is 12.6. The first-order chi connectivity index (χ1) is 12.5. The van der Waals surface area contributed by atoms with Crippen molar-refractivity contribution >= 4 is 27.1 Å². The molecular weight excluding hydrogens is 370 g/mol. The molecular formula is C19H18ClN3O2S. The molecule has 0 unspecified atom stereocenters. The Balaban J connectivity index is 1.73. The Hall–Kier alpha value is -2.49. The van der Waals surface area contributed by atoms with Crippen LogP contribution in [0.4, 0.5) is 5.69 Å². The van der Waals surface area contributed by atoms with Crippen molar-refractivity contribution in [3.63, 3.8) is 0 Å². The highest BCUT2D eigenvalue weighted by atomic mass is 35.5. The van der Waals surface area contributed by atoms with E-state index in [1.54, 1.807) is 18.2 Å². The zero-order valence-corrected chi connectivity index (χ0v) is 15.6. The largest absolute Gasteiger partial charge is 0.372 e. The lowest BCUT2D eigenvalue weighted by atomic mass is 10.2. The fraction of sp³-hybridized carbons (Fsp3) is 0.211. The third kappa shape index (κ3) is 4.01. The molecule has 134 valence electrons. The number of piperazine rings is 1. The summed E-state index contributed by atoms with van der Waals surface area (Å²) in [7, 11) is -3.79. The summed E-state index contributed by atoms with van der Waals surface area (Å²) in [6.07, 6.45) is 1.46. The van der Waals surface area contributed by atoms with Crippen LogP contribution >= 0.6 is 11.6 Å². The predicted molar refractivity (Wildman–Crippen MR) is 103 cm³/mol. The van der Waals surface area contributed by atoms with E-state index in [0.29, 0.717) is 18.1 Å². The minimum Gasteiger partial charge on any atom is -0.372 e. The Labute approximate surface area is 158 Å². The smallest absolute Gasteiger partial charge is 0.218 e. The molecule has 0 spiro atoms. The molecule has 0 amide bonds. The second-order valence-corrected chi connectivity index (χ2v) is 8.28. The highest BCUT2D eigenvalue weighted by molar-refractivity contribution is 7.95. The van der Waals surface area contributed by atoms with Crippen molar-refractivity contribution in [1.29, 1.82) is 5.26 Å². The summed E-state index contributed by atoms with van der Waals surface area (Å²) in [5.41, 5.74) is 1.04. The molecule has 2 aromatic carbocycles. The first-order valence-electron chi connectivity index (χ1n) is 8.17. The number of sulfone groups is 1. The number of rotatable bonds is 4. The van der Waals surface area contributed by atoms with Gasteiger partial charge in [0, 0.05) is 43.1 Å². The Morgan fingerprint density at radius 3 is 2.35 bits per heavy atom. The number of anilines is 1. The lowest BCUT2D eigenvalue weighted by Crippen LogP contribution is -2.44. The number of halogens is 1. The van der Waals surface area contributed by atoms with Crippen LogP contribution in [0, 0.1) is 11.3 Å². The zero-order valence-electron chi connectivity index (χ0n) is 14.0. The summed E-state index contributed by atoms with van der Waals surface area (Å²) in [4.78, 5) is 3.96. The molecule has 0 bridgehead atoms. The molecule has 3 rings (SSSR count). The van der Waals surface area contributed by atoms with Gasteiger partial charge in [0.15, 0.2) is 4.91 Å². The van der Waals surface area contributed by atoms with Crippen molar-refractivity contribution in [3.8, 4) is 6.07 Å². The minimum atomic E-state index is -3.79. The fourth-order valence-electron chi connectivity index (χ4n) is 2.83. The SMILES string of the molecule is N#C/C(=C\N1CCN(c2cccc(Cl)c2)CC1)S(=O)(=O)c1ccccc1.